The van der Waals surface area contributed by atoms with Gasteiger partial charge in [-0.3, -0.25) is 4.79 Å². The Labute approximate surface area is 92.4 Å². The number of hydrogen-bond donors (Lipinski definition) is 2. The summed E-state index contributed by atoms with van der Waals surface area (Å²) in [6.45, 7) is 2.91. The van der Waals surface area contributed by atoms with Gasteiger partial charge in [0, 0.05) is 0 Å². The predicted octanol–water partition coefficient (Wildman–Crippen LogP) is -0.927. The Balaban J connectivity index is 3.48. The van der Waals surface area contributed by atoms with E-state index in [1.165, 1.54) is 0 Å². The number of nitrogens with two attached hydrogens (primary N) is 2. The third-order valence-electron chi connectivity index (χ3n) is 2.33. The Morgan fingerprint density at radius 1 is 1.20 bits per heavy atom. The molecule has 1 amide bonds. The monoisotopic (exact) mass is 216 g/mol. The summed E-state index contributed by atoms with van der Waals surface area (Å²) >= 11 is 0. The highest BCUT2D eigenvalue weighted by Crippen LogP contribution is 1.94. The van der Waals surface area contributed by atoms with Crippen molar-refractivity contribution in [3.8, 4) is 0 Å². The maximum absolute atomic E-state index is 10.7. The maximum atomic E-state index is 10.7. The lowest BCUT2D eigenvalue weighted by atomic mass is 10.2. The zero-order chi connectivity index (χ0) is 11.8. The van der Waals surface area contributed by atoms with Crippen molar-refractivity contribution in [1.82, 2.24) is 9.80 Å². The van der Waals surface area contributed by atoms with Crippen LogP contribution in [-0.2, 0) is 4.79 Å². The van der Waals surface area contributed by atoms with E-state index in [0.29, 0.717) is 6.42 Å². The van der Waals surface area contributed by atoms with Gasteiger partial charge in [0.25, 0.3) is 0 Å². The van der Waals surface area contributed by atoms with E-state index in [0.717, 1.165) is 26.1 Å². The van der Waals surface area contributed by atoms with Crippen LogP contribution in [0, 0.1) is 0 Å². The average molecular weight is 216 g/mol. The fourth-order valence-corrected chi connectivity index (χ4v) is 1.27. The molecule has 1 atom stereocenters. The smallest absolute Gasteiger partial charge is 0.234 e. The second-order valence-electron chi connectivity index (χ2n) is 4.26. The summed E-state index contributed by atoms with van der Waals surface area (Å²) in [6, 6.07) is -0.513. The molecule has 0 spiro atoms. The first kappa shape index (κ1) is 14.3. The number of carbonyl (C=O) groups is 1. The number of hydrogen-bond acceptors (Lipinski definition) is 4. The van der Waals surface area contributed by atoms with Crippen LogP contribution in [-0.4, -0.2) is 62.5 Å². The van der Waals surface area contributed by atoms with Crippen molar-refractivity contribution in [2.75, 3.05) is 40.8 Å². The predicted molar refractivity (Wildman–Crippen MR) is 62.5 cm³/mol. The second-order valence-corrected chi connectivity index (χ2v) is 4.26. The molecule has 5 nitrogen and oxygen atoms in total. The lowest BCUT2D eigenvalue weighted by Gasteiger charge is -2.19. The van der Waals surface area contributed by atoms with Crippen molar-refractivity contribution in [3.63, 3.8) is 0 Å². The molecule has 0 aliphatic rings. The first-order chi connectivity index (χ1) is 6.93. The summed E-state index contributed by atoms with van der Waals surface area (Å²) in [7, 11) is 6.15. The number of nitrogens with zero attached hydrogens (tertiary/aromatic N) is 2. The fraction of sp³-hybridized carbons (Fsp3) is 0.900. The molecule has 0 saturated heterocycles. The van der Waals surface area contributed by atoms with Crippen LogP contribution in [0.3, 0.4) is 0 Å². The van der Waals surface area contributed by atoms with Crippen LogP contribution < -0.4 is 11.5 Å². The highest BCUT2D eigenvalue weighted by molar-refractivity contribution is 5.79. The van der Waals surface area contributed by atoms with Gasteiger partial charge in [0.2, 0.25) is 5.91 Å². The summed E-state index contributed by atoms with van der Waals surface area (Å²) in [5.74, 6) is -0.420. The van der Waals surface area contributed by atoms with E-state index in [1.54, 1.807) is 0 Å². The van der Waals surface area contributed by atoms with Gasteiger partial charge in [-0.2, -0.15) is 0 Å². The molecule has 0 aliphatic carbocycles. The van der Waals surface area contributed by atoms with Gasteiger partial charge >= 0.3 is 0 Å². The third-order valence-corrected chi connectivity index (χ3v) is 2.33. The first-order valence-corrected chi connectivity index (χ1v) is 5.31. The summed E-state index contributed by atoms with van der Waals surface area (Å²) in [5, 5.41) is 0. The van der Waals surface area contributed by atoms with Crippen LogP contribution in [0.15, 0.2) is 0 Å². The van der Waals surface area contributed by atoms with Crippen molar-refractivity contribution in [2.24, 2.45) is 11.5 Å². The third kappa shape index (κ3) is 8.35. The highest BCUT2D eigenvalue weighted by atomic mass is 16.1. The van der Waals surface area contributed by atoms with Crippen molar-refractivity contribution in [3.05, 3.63) is 0 Å². The topological polar surface area (TPSA) is 75.6 Å². The SMILES string of the molecule is CN(C)CCCN(C)CCC(N)C(N)=O. The molecule has 4 N–H and O–H groups in total. The molecule has 5 heteroatoms. The fourth-order valence-electron chi connectivity index (χ4n) is 1.27. The van der Waals surface area contributed by atoms with Gasteiger partial charge in [-0.05, 0) is 53.6 Å². The Morgan fingerprint density at radius 3 is 2.27 bits per heavy atom. The summed E-state index contributed by atoms with van der Waals surface area (Å²) < 4.78 is 0. The molecule has 1 unspecified atom stereocenters. The minimum atomic E-state index is -0.513. The zero-order valence-electron chi connectivity index (χ0n) is 10.1. The van der Waals surface area contributed by atoms with Crippen LogP contribution in [0.4, 0.5) is 0 Å². The standard InChI is InChI=1S/C10H24N4O/c1-13(2)6-4-7-14(3)8-5-9(11)10(12)15/h9H,4-8,11H2,1-3H3,(H2,12,15). The summed E-state index contributed by atoms with van der Waals surface area (Å²) in [5.41, 5.74) is 10.6. The Hall–Kier alpha value is -0.650. The number of primary amides is 1. The molecular formula is C10H24N4O. The molecule has 15 heavy (non-hydrogen) atoms. The largest absolute Gasteiger partial charge is 0.368 e. The van der Waals surface area contributed by atoms with Crippen LogP contribution in [0.2, 0.25) is 0 Å². The Bertz CT molecular complexity index is 184. The van der Waals surface area contributed by atoms with E-state index in [2.05, 4.69) is 23.9 Å². The van der Waals surface area contributed by atoms with Crippen LogP contribution >= 0.6 is 0 Å². The van der Waals surface area contributed by atoms with Crippen molar-refractivity contribution in [1.29, 1.82) is 0 Å². The van der Waals surface area contributed by atoms with Gasteiger partial charge < -0.3 is 21.3 Å². The lowest BCUT2D eigenvalue weighted by molar-refractivity contribution is -0.119. The molecule has 0 fully saturated rings. The van der Waals surface area contributed by atoms with Gasteiger partial charge in [0.1, 0.15) is 0 Å². The van der Waals surface area contributed by atoms with Crippen LogP contribution in [0.1, 0.15) is 12.8 Å². The van der Waals surface area contributed by atoms with Crippen molar-refractivity contribution < 1.29 is 4.79 Å². The lowest BCUT2D eigenvalue weighted by Crippen LogP contribution is -2.39. The normalized spacial score (nSPS) is 13.5. The average Bonchev–Trinajstić information content (AvgIpc) is 2.13. The van der Waals surface area contributed by atoms with E-state index in [-0.39, 0.29) is 0 Å². The van der Waals surface area contributed by atoms with Gasteiger partial charge in [0.05, 0.1) is 6.04 Å². The molecule has 0 bridgehead atoms. The van der Waals surface area contributed by atoms with Crippen molar-refractivity contribution in [2.45, 2.75) is 18.9 Å². The highest BCUT2D eigenvalue weighted by Gasteiger charge is 2.09. The second kappa shape index (κ2) is 7.62. The molecule has 0 heterocycles. The molecule has 0 aliphatic heterocycles. The Kier molecular flexibility index (Phi) is 7.29. The zero-order valence-corrected chi connectivity index (χ0v) is 10.1. The van der Waals surface area contributed by atoms with Crippen LogP contribution in [0.25, 0.3) is 0 Å². The summed E-state index contributed by atoms with van der Waals surface area (Å²) in [4.78, 5) is 15.0. The van der Waals surface area contributed by atoms with E-state index < -0.39 is 11.9 Å². The van der Waals surface area contributed by atoms with E-state index in [1.807, 2.05) is 7.05 Å². The molecule has 0 radical (unpaired) electrons. The van der Waals surface area contributed by atoms with E-state index in [9.17, 15) is 4.79 Å². The van der Waals surface area contributed by atoms with Gasteiger partial charge in [-0.1, -0.05) is 0 Å². The molecule has 0 saturated carbocycles. The van der Waals surface area contributed by atoms with Crippen LogP contribution in [0.5, 0.6) is 0 Å². The quantitative estimate of drug-likeness (QED) is 0.550. The molecule has 0 aromatic heterocycles. The number of amides is 1. The molecule has 0 rings (SSSR count). The minimum Gasteiger partial charge on any atom is -0.368 e. The van der Waals surface area contributed by atoms with E-state index >= 15 is 0 Å². The van der Waals surface area contributed by atoms with Gasteiger partial charge in [-0.15, -0.1) is 0 Å². The number of rotatable bonds is 8. The molecular weight excluding hydrogens is 192 g/mol. The Morgan fingerprint density at radius 2 is 1.80 bits per heavy atom. The van der Waals surface area contributed by atoms with Crippen molar-refractivity contribution >= 4 is 5.91 Å². The summed E-state index contributed by atoms with van der Waals surface area (Å²) in [6.07, 6.45) is 1.75. The minimum absolute atomic E-state index is 0.420. The first-order valence-electron chi connectivity index (χ1n) is 5.31. The van der Waals surface area contributed by atoms with E-state index in [4.69, 9.17) is 11.5 Å². The maximum Gasteiger partial charge on any atom is 0.234 e. The molecule has 90 valence electrons. The molecule has 0 aromatic rings. The van der Waals surface area contributed by atoms with Gasteiger partial charge in [-0.25, -0.2) is 0 Å². The molecule has 0 aromatic carbocycles. The van der Waals surface area contributed by atoms with Gasteiger partial charge in [0.15, 0.2) is 0 Å². The number of carbonyl (C=O) groups excluding carboxylic acids is 1.